The fourth-order valence-electron chi connectivity index (χ4n) is 2.59. The van der Waals surface area contributed by atoms with Crippen molar-refractivity contribution in [3.8, 4) is 16.9 Å². The van der Waals surface area contributed by atoms with Gasteiger partial charge in [0.2, 0.25) is 0 Å². The molecule has 0 saturated heterocycles. The SMILES string of the molecule is CC(Oc1ccc(-c2ccccc2)cc1)C(=O)Nc1ccc(Cl)c([N+](=O)[O-])c1. The van der Waals surface area contributed by atoms with Crippen molar-refractivity contribution in [1.29, 1.82) is 0 Å². The molecule has 1 unspecified atom stereocenters. The number of nitrogens with zero attached hydrogens (tertiary/aromatic N) is 1. The summed E-state index contributed by atoms with van der Waals surface area (Å²) in [6, 6.07) is 21.4. The molecule has 0 bridgehead atoms. The smallest absolute Gasteiger partial charge is 0.289 e. The van der Waals surface area contributed by atoms with Gasteiger partial charge in [0.25, 0.3) is 11.6 Å². The van der Waals surface area contributed by atoms with Crippen molar-refractivity contribution in [3.63, 3.8) is 0 Å². The van der Waals surface area contributed by atoms with Crippen molar-refractivity contribution >= 4 is 28.9 Å². The molecule has 6 nitrogen and oxygen atoms in total. The third kappa shape index (κ3) is 4.66. The van der Waals surface area contributed by atoms with Gasteiger partial charge in [-0.15, -0.1) is 0 Å². The second-order valence-corrected chi connectivity index (χ2v) is 6.47. The van der Waals surface area contributed by atoms with Gasteiger partial charge in [-0.2, -0.15) is 0 Å². The summed E-state index contributed by atoms with van der Waals surface area (Å²) in [7, 11) is 0. The second-order valence-electron chi connectivity index (χ2n) is 6.06. The van der Waals surface area contributed by atoms with E-state index in [1.54, 1.807) is 19.1 Å². The van der Waals surface area contributed by atoms with Gasteiger partial charge in [0, 0.05) is 11.8 Å². The highest BCUT2D eigenvalue weighted by atomic mass is 35.5. The van der Waals surface area contributed by atoms with Gasteiger partial charge in [-0.3, -0.25) is 14.9 Å². The van der Waals surface area contributed by atoms with Crippen LogP contribution in [0.5, 0.6) is 5.75 Å². The highest BCUT2D eigenvalue weighted by Gasteiger charge is 2.18. The van der Waals surface area contributed by atoms with Crippen LogP contribution in [-0.2, 0) is 4.79 Å². The molecule has 3 aromatic carbocycles. The summed E-state index contributed by atoms with van der Waals surface area (Å²) in [5.41, 5.74) is 2.13. The van der Waals surface area contributed by atoms with Crippen LogP contribution in [0.15, 0.2) is 72.8 Å². The maximum absolute atomic E-state index is 12.3. The number of amides is 1. The Hall–Kier alpha value is -3.38. The highest BCUT2D eigenvalue weighted by molar-refractivity contribution is 6.32. The van der Waals surface area contributed by atoms with Crippen molar-refractivity contribution in [2.24, 2.45) is 0 Å². The monoisotopic (exact) mass is 396 g/mol. The fourth-order valence-corrected chi connectivity index (χ4v) is 2.77. The Morgan fingerprint density at radius 3 is 2.32 bits per heavy atom. The van der Waals surface area contributed by atoms with Gasteiger partial charge in [-0.05, 0) is 42.3 Å². The predicted molar refractivity (Wildman–Crippen MR) is 109 cm³/mol. The topological polar surface area (TPSA) is 81.5 Å². The van der Waals surface area contributed by atoms with Crippen LogP contribution >= 0.6 is 11.6 Å². The first kappa shape index (κ1) is 19.4. The Labute approximate surface area is 166 Å². The van der Waals surface area contributed by atoms with E-state index in [0.29, 0.717) is 5.75 Å². The van der Waals surface area contributed by atoms with Gasteiger partial charge in [-0.25, -0.2) is 0 Å². The number of carbonyl (C=O) groups is 1. The van der Waals surface area contributed by atoms with Crippen LogP contribution in [0.4, 0.5) is 11.4 Å². The molecule has 1 N–H and O–H groups in total. The highest BCUT2D eigenvalue weighted by Crippen LogP contribution is 2.27. The van der Waals surface area contributed by atoms with Crippen molar-refractivity contribution in [3.05, 3.63) is 87.9 Å². The zero-order valence-electron chi connectivity index (χ0n) is 15.0. The van der Waals surface area contributed by atoms with Gasteiger partial charge in [0.15, 0.2) is 6.10 Å². The zero-order valence-corrected chi connectivity index (χ0v) is 15.7. The summed E-state index contributed by atoms with van der Waals surface area (Å²) in [4.78, 5) is 22.7. The summed E-state index contributed by atoms with van der Waals surface area (Å²) in [5.74, 6) is 0.119. The number of hydrogen-bond donors (Lipinski definition) is 1. The van der Waals surface area contributed by atoms with Crippen molar-refractivity contribution in [2.45, 2.75) is 13.0 Å². The van der Waals surface area contributed by atoms with Gasteiger partial charge in [0.05, 0.1) is 4.92 Å². The fraction of sp³-hybridized carbons (Fsp3) is 0.0952. The first-order valence-corrected chi connectivity index (χ1v) is 8.89. The number of rotatable bonds is 6. The molecule has 7 heteroatoms. The quantitative estimate of drug-likeness (QED) is 0.451. The molecule has 0 aromatic heterocycles. The third-order valence-corrected chi connectivity index (χ3v) is 4.37. The lowest BCUT2D eigenvalue weighted by atomic mass is 10.1. The van der Waals surface area contributed by atoms with E-state index in [1.807, 2.05) is 42.5 Å². The molecule has 1 amide bonds. The standard InChI is InChI=1S/C21H17ClN2O4/c1-14(21(25)23-17-9-12-19(22)20(13-17)24(26)27)28-18-10-7-16(8-11-18)15-5-3-2-4-6-15/h2-14H,1H3,(H,23,25). The van der Waals surface area contributed by atoms with Crippen LogP contribution in [0.1, 0.15) is 6.92 Å². The molecular weight excluding hydrogens is 380 g/mol. The van der Waals surface area contributed by atoms with Crippen molar-refractivity contribution < 1.29 is 14.5 Å². The second kappa shape index (κ2) is 8.54. The number of halogens is 1. The van der Waals surface area contributed by atoms with E-state index in [0.717, 1.165) is 11.1 Å². The molecule has 3 rings (SSSR count). The molecule has 0 radical (unpaired) electrons. The molecule has 28 heavy (non-hydrogen) atoms. The summed E-state index contributed by atoms with van der Waals surface area (Å²) in [6.07, 6.45) is -0.794. The maximum Gasteiger partial charge on any atom is 0.289 e. The van der Waals surface area contributed by atoms with Gasteiger partial charge >= 0.3 is 0 Å². The lowest BCUT2D eigenvalue weighted by Crippen LogP contribution is -2.30. The number of nitro groups is 1. The van der Waals surface area contributed by atoms with E-state index in [-0.39, 0.29) is 16.4 Å². The summed E-state index contributed by atoms with van der Waals surface area (Å²) in [5, 5.41) is 13.5. The van der Waals surface area contributed by atoms with Gasteiger partial charge < -0.3 is 10.1 Å². The molecule has 0 spiro atoms. The summed E-state index contributed by atoms with van der Waals surface area (Å²) in [6.45, 7) is 1.60. The number of nitro benzene ring substituents is 1. The minimum atomic E-state index is -0.794. The molecule has 1 atom stereocenters. The lowest BCUT2D eigenvalue weighted by molar-refractivity contribution is -0.384. The summed E-state index contributed by atoms with van der Waals surface area (Å²) >= 11 is 5.78. The van der Waals surface area contributed by atoms with Crippen LogP contribution < -0.4 is 10.1 Å². The molecular formula is C21H17ClN2O4. The molecule has 0 heterocycles. The van der Waals surface area contributed by atoms with Crippen molar-refractivity contribution in [1.82, 2.24) is 0 Å². The first-order valence-electron chi connectivity index (χ1n) is 8.51. The van der Waals surface area contributed by atoms with Crippen LogP contribution in [-0.4, -0.2) is 16.9 Å². The Kier molecular flexibility index (Phi) is 5.91. The molecule has 3 aromatic rings. The number of nitrogens with one attached hydrogen (secondary N) is 1. The maximum atomic E-state index is 12.3. The van der Waals surface area contributed by atoms with Crippen LogP contribution in [0.2, 0.25) is 5.02 Å². The molecule has 0 aliphatic carbocycles. The van der Waals surface area contributed by atoms with E-state index in [9.17, 15) is 14.9 Å². The Morgan fingerprint density at radius 2 is 1.68 bits per heavy atom. The van der Waals surface area contributed by atoms with E-state index < -0.39 is 16.9 Å². The Bertz CT molecular complexity index is 991. The largest absolute Gasteiger partial charge is 0.481 e. The van der Waals surface area contributed by atoms with Crippen molar-refractivity contribution in [2.75, 3.05) is 5.32 Å². The minimum Gasteiger partial charge on any atom is -0.481 e. The van der Waals surface area contributed by atoms with E-state index >= 15 is 0 Å². The zero-order chi connectivity index (χ0) is 20.1. The number of ether oxygens (including phenoxy) is 1. The first-order chi connectivity index (χ1) is 13.4. The number of anilines is 1. The molecule has 0 fully saturated rings. The predicted octanol–water partition coefficient (Wildman–Crippen LogP) is 5.32. The van der Waals surface area contributed by atoms with Gasteiger partial charge in [-0.1, -0.05) is 54.1 Å². The van der Waals surface area contributed by atoms with Crippen LogP contribution in [0, 0.1) is 10.1 Å². The van der Waals surface area contributed by atoms with Gasteiger partial charge in [0.1, 0.15) is 10.8 Å². The molecule has 0 aliphatic rings. The average molecular weight is 397 g/mol. The average Bonchev–Trinajstić information content (AvgIpc) is 2.70. The third-order valence-electron chi connectivity index (χ3n) is 4.05. The Balaban J connectivity index is 1.64. The molecule has 0 aliphatic heterocycles. The number of hydrogen-bond acceptors (Lipinski definition) is 4. The normalized spacial score (nSPS) is 11.5. The van der Waals surface area contributed by atoms with Crippen LogP contribution in [0.3, 0.4) is 0 Å². The van der Waals surface area contributed by atoms with E-state index in [4.69, 9.17) is 16.3 Å². The molecule has 0 saturated carbocycles. The Morgan fingerprint density at radius 1 is 1.04 bits per heavy atom. The van der Waals surface area contributed by atoms with E-state index in [1.165, 1.54) is 18.2 Å². The molecule has 142 valence electrons. The number of carbonyl (C=O) groups excluding carboxylic acids is 1. The van der Waals surface area contributed by atoms with E-state index in [2.05, 4.69) is 5.32 Å². The lowest BCUT2D eigenvalue weighted by Gasteiger charge is -2.15. The van der Waals surface area contributed by atoms with Crippen LogP contribution in [0.25, 0.3) is 11.1 Å². The minimum absolute atomic E-state index is 0.00537. The summed E-state index contributed by atoms with van der Waals surface area (Å²) < 4.78 is 5.67. The number of benzene rings is 3.